The molecule has 0 saturated heterocycles. The molecule has 10 nitrogen and oxygen atoms in total. The highest BCUT2D eigenvalue weighted by atomic mass is 79.9. The second-order valence-electron chi connectivity index (χ2n) is 9.50. The van der Waals surface area contributed by atoms with E-state index < -0.39 is 28.8 Å². The Hall–Kier alpha value is -3.20. The molecule has 0 fully saturated rings. The van der Waals surface area contributed by atoms with E-state index in [4.69, 9.17) is 33.9 Å². The van der Waals surface area contributed by atoms with Crippen molar-refractivity contribution in [2.45, 2.75) is 19.4 Å². The van der Waals surface area contributed by atoms with E-state index in [0.717, 1.165) is 10.0 Å². The van der Waals surface area contributed by atoms with E-state index in [1.165, 1.54) is 46.5 Å². The zero-order valence-electron chi connectivity index (χ0n) is 23.3. The van der Waals surface area contributed by atoms with Gasteiger partial charge in [0.2, 0.25) is 11.8 Å². The van der Waals surface area contributed by atoms with Gasteiger partial charge in [0.05, 0.1) is 28.1 Å². The fourth-order valence-corrected chi connectivity index (χ4v) is 5.77. The molecule has 0 radical (unpaired) electrons. The number of ether oxygens (including phenoxy) is 2. The minimum absolute atomic E-state index is 0.0662. The Balaban J connectivity index is 2.04. The van der Waals surface area contributed by atoms with Gasteiger partial charge in [0, 0.05) is 32.7 Å². The maximum atomic E-state index is 13.7. The van der Waals surface area contributed by atoms with E-state index in [2.05, 4.69) is 31.9 Å². The minimum atomic E-state index is -1.26. The largest absolute Gasteiger partial charge is 0.494 e. The fourth-order valence-electron chi connectivity index (χ4n) is 4.60. The first-order chi connectivity index (χ1) is 19.8. The molecule has 0 amide bonds. The van der Waals surface area contributed by atoms with E-state index in [9.17, 15) is 19.8 Å². The van der Waals surface area contributed by atoms with Gasteiger partial charge in [-0.2, -0.15) is 0 Å². The van der Waals surface area contributed by atoms with Gasteiger partial charge in [-0.15, -0.1) is 0 Å². The highest BCUT2D eigenvalue weighted by Gasteiger charge is 2.33. The number of hydrogen-bond acceptors (Lipinski definition) is 8. The molecular formula is C28H28Br2N4O6S2. The Morgan fingerprint density at radius 1 is 0.810 bits per heavy atom. The monoisotopic (exact) mass is 738 g/mol. The zero-order valence-corrected chi connectivity index (χ0v) is 28.1. The third-order valence-corrected chi connectivity index (χ3v) is 9.09. The van der Waals surface area contributed by atoms with Crippen LogP contribution in [0, 0.1) is 9.54 Å². The maximum Gasteiger partial charge on any atom is 0.262 e. The topological polar surface area (TPSA) is 113 Å². The third kappa shape index (κ3) is 5.72. The van der Waals surface area contributed by atoms with Crippen molar-refractivity contribution in [3.63, 3.8) is 0 Å². The van der Waals surface area contributed by atoms with Crippen LogP contribution in [-0.4, -0.2) is 35.1 Å². The summed E-state index contributed by atoms with van der Waals surface area (Å²) in [5, 5.41) is 22.5. The molecule has 14 heteroatoms. The summed E-state index contributed by atoms with van der Waals surface area (Å²) in [6.45, 7) is 2.34. The summed E-state index contributed by atoms with van der Waals surface area (Å²) in [7, 11) is 5.94. The molecule has 0 aliphatic heterocycles. The smallest absolute Gasteiger partial charge is 0.262 e. The van der Waals surface area contributed by atoms with Gasteiger partial charge >= 0.3 is 0 Å². The lowest BCUT2D eigenvalue weighted by atomic mass is 9.86. The zero-order chi connectivity index (χ0) is 31.0. The van der Waals surface area contributed by atoms with E-state index in [1.807, 2.05) is 31.2 Å². The number of halogens is 2. The van der Waals surface area contributed by atoms with Gasteiger partial charge in [-0.1, -0.05) is 28.1 Å². The van der Waals surface area contributed by atoms with Crippen LogP contribution in [0.3, 0.4) is 0 Å². The number of aromatic hydroxyl groups is 2. The third-order valence-electron chi connectivity index (χ3n) is 6.87. The van der Waals surface area contributed by atoms with Crippen molar-refractivity contribution >= 4 is 56.3 Å². The Labute approximate surface area is 268 Å². The normalized spacial score (nSPS) is 11.2. The first-order valence-corrected chi connectivity index (χ1v) is 15.0. The molecule has 2 aromatic carbocycles. The Morgan fingerprint density at radius 3 is 1.79 bits per heavy atom. The number of benzene rings is 2. The van der Waals surface area contributed by atoms with Gasteiger partial charge in [-0.05, 0) is 82.7 Å². The number of nitrogens with zero attached hydrogens (tertiary/aromatic N) is 4. The van der Waals surface area contributed by atoms with Gasteiger partial charge < -0.3 is 19.7 Å². The quantitative estimate of drug-likeness (QED) is 0.234. The van der Waals surface area contributed by atoms with Crippen molar-refractivity contribution in [3.8, 4) is 23.3 Å². The van der Waals surface area contributed by atoms with Gasteiger partial charge in [0.1, 0.15) is 6.61 Å². The summed E-state index contributed by atoms with van der Waals surface area (Å²) in [6, 6.07) is 10.9. The van der Waals surface area contributed by atoms with Gasteiger partial charge in [0.15, 0.2) is 21.0 Å². The summed E-state index contributed by atoms with van der Waals surface area (Å²) in [6.07, 6.45) is 0. The highest BCUT2D eigenvalue weighted by Crippen LogP contribution is 2.44. The molecule has 42 heavy (non-hydrogen) atoms. The first kappa shape index (κ1) is 31.7. The van der Waals surface area contributed by atoms with Crippen LogP contribution in [0.4, 0.5) is 0 Å². The Bertz CT molecular complexity index is 1840. The predicted molar refractivity (Wildman–Crippen MR) is 171 cm³/mol. The SMILES string of the molecule is CCOc1cc(C(c2c(O)n(C)c(=S)n(C)c2=O)c2c(O)n(C)c(=S)n(C)c2=O)cc(Br)c1OCc1ccc(Br)cc1. The standard InChI is InChI=1S/C28H28Br2N4O6S2/c1-6-39-18-12-15(11-17(30)22(18)40-13-14-7-9-16(29)10-8-14)19(20-23(35)31(2)27(41)32(3)24(20)36)21-25(37)33(4)28(42)34(5)26(21)38/h7-12,19,35,37H,6,13H2,1-5H3. The molecule has 0 bridgehead atoms. The number of rotatable bonds is 8. The van der Waals surface area contributed by atoms with Crippen molar-refractivity contribution in [3.05, 3.63) is 97.8 Å². The molecule has 2 N–H and O–H groups in total. The van der Waals surface area contributed by atoms with Crippen LogP contribution >= 0.6 is 56.3 Å². The van der Waals surface area contributed by atoms with Crippen molar-refractivity contribution in [1.29, 1.82) is 0 Å². The van der Waals surface area contributed by atoms with Crippen molar-refractivity contribution < 1.29 is 19.7 Å². The Kier molecular flexibility index (Phi) is 9.50. The molecule has 0 aliphatic rings. The van der Waals surface area contributed by atoms with Crippen LogP contribution in [0.15, 0.2) is 54.9 Å². The lowest BCUT2D eigenvalue weighted by Crippen LogP contribution is -2.33. The van der Waals surface area contributed by atoms with Crippen LogP contribution < -0.4 is 20.6 Å². The molecule has 0 saturated carbocycles. The molecular weight excluding hydrogens is 712 g/mol. The van der Waals surface area contributed by atoms with Crippen LogP contribution in [-0.2, 0) is 34.8 Å². The fraction of sp³-hybridized carbons (Fsp3) is 0.286. The maximum absolute atomic E-state index is 13.7. The minimum Gasteiger partial charge on any atom is -0.494 e. The summed E-state index contributed by atoms with van der Waals surface area (Å²) < 4.78 is 18.5. The second-order valence-corrected chi connectivity index (χ2v) is 12.0. The van der Waals surface area contributed by atoms with Crippen LogP contribution in [0.2, 0.25) is 0 Å². The molecule has 0 spiro atoms. The van der Waals surface area contributed by atoms with Crippen LogP contribution in [0.5, 0.6) is 23.3 Å². The van der Waals surface area contributed by atoms with Crippen molar-refractivity contribution in [2.24, 2.45) is 28.2 Å². The van der Waals surface area contributed by atoms with Gasteiger partial charge in [-0.25, -0.2) is 0 Å². The van der Waals surface area contributed by atoms with Crippen LogP contribution in [0.1, 0.15) is 35.1 Å². The molecule has 0 aliphatic carbocycles. The number of hydrogen-bond donors (Lipinski definition) is 2. The van der Waals surface area contributed by atoms with Crippen LogP contribution in [0.25, 0.3) is 0 Å². The second kappa shape index (κ2) is 12.6. The number of aromatic nitrogens is 4. The molecule has 0 atom stereocenters. The molecule has 2 aromatic heterocycles. The molecule has 4 aromatic rings. The highest BCUT2D eigenvalue weighted by molar-refractivity contribution is 9.10. The molecule has 2 heterocycles. The lowest BCUT2D eigenvalue weighted by Gasteiger charge is -2.24. The summed E-state index contributed by atoms with van der Waals surface area (Å²) >= 11 is 17.6. The van der Waals surface area contributed by atoms with E-state index in [0.29, 0.717) is 21.5 Å². The molecule has 222 valence electrons. The van der Waals surface area contributed by atoms with Gasteiger partial charge in [0.25, 0.3) is 11.1 Å². The van der Waals surface area contributed by atoms with Crippen molar-refractivity contribution in [1.82, 2.24) is 18.3 Å². The van der Waals surface area contributed by atoms with Gasteiger partial charge in [-0.3, -0.25) is 27.9 Å². The average molecular weight is 740 g/mol. The van der Waals surface area contributed by atoms with E-state index >= 15 is 0 Å². The summed E-state index contributed by atoms with van der Waals surface area (Å²) in [4.78, 5) is 27.4. The van der Waals surface area contributed by atoms with E-state index in [-0.39, 0.29) is 33.9 Å². The predicted octanol–water partition coefficient (Wildman–Crippen LogP) is 5.31. The lowest BCUT2D eigenvalue weighted by molar-refractivity contribution is 0.267. The average Bonchev–Trinajstić information content (AvgIpc) is 2.96. The Morgan fingerprint density at radius 2 is 1.31 bits per heavy atom. The first-order valence-electron chi connectivity index (χ1n) is 12.6. The molecule has 0 unspecified atom stereocenters. The summed E-state index contributed by atoms with van der Waals surface area (Å²) in [5.41, 5.74) is -0.347. The van der Waals surface area contributed by atoms with E-state index in [1.54, 1.807) is 12.1 Å². The summed E-state index contributed by atoms with van der Waals surface area (Å²) in [5.74, 6) is -1.45. The van der Waals surface area contributed by atoms with Crippen molar-refractivity contribution in [2.75, 3.05) is 6.61 Å². The molecule has 4 rings (SSSR count).